The predicted octanol–water partition coefficient (Wildman–Crippen LogP) is 21.5. The van der Waals surface area contributed by atoms with Gasteiger partial charge in [0, 0.05) is 33.2 Å². The molecule has 2 aliphatic rings. The zero-order valence-electron chi connectivity index (χ0n) is 47.2. The van der Waals surface area contributed by atoms with Crippen molar-refractivity contribution in [2.75, 3.05) is 4.90 Å². The Kier molecular flexibility index (Phi) is 11.4. The summed E-state index contributed by atoms with van der Waals surface area (Å²) in [6.07, 6.45) is 0. The van der Waals surface area contributed by atoms with Gasteiger partial charge in [-0.2, -0.15) is 0 Å². The van der Waals surface area contributed by atoms with E-state index in [1.54, 1.807) is 0 Å². The van der Waals surface area contributed by atoms with E-state index < -0.39 is 10.8 Å². The Labute approximate surface area is 501 Å². The molecule has 2 heteroatoms. The van der Waals surface area contributed by atoms with E-state index in [4.69, 9.17) is 0 Å². The van der Waals surface area contributed by atoms with Crippen molar-refractivity contribution >= 4 is 49.6 Å². The molecule has 86 heavy (non-hydrogen) atoms. The van der Waals surface area contributed by atoms with Crippen LogP contribution in [-0.4, -0.2) is 4.57 Å². The van der Waals surface area contributed by atoms with Gasteiger partial charge in [-0.15, -0.1) is 0 Å². The second-order valence-electron chi connectivity index (χ2n) is 23.1. The molecule has 0 saturated heterocycles. The van der Waals surface area contributed by atoms with Crippen LogP contribution in [0, 0.1) is 0 Å². The molecular formula is C84H56N2. The number of nitrogens with zero attached hydrogens (tertiary/aromatic N) is 2. The summed E-state index contributed by atoms with van der Waals surface area (Å²) in [6.45, 7) is 0. The normalized spacial score (nSPS) is 13.3. The lowest BCUT2D eigenvalue weighted by atomic mass is 9.67. The minimum Gasteiger partial charge on any atom is -0.310 e. The summed E-state index contributed by atoms with van der Waals surface area (Å²) in [5.74, 6) is 0. The van der Waals surface area contributed by atoms with Crippen LogP contribution in [0.2, 0.25) is 0 Å². The van der Waals surface area contributed by atoms with Gasteiger partial charge in [0.2, 0.25) is 0 Å². The van der Waals surface area contributed by atoms with E-state index in [2.05, 4.69) is 349 Å². The van der Waals surface area contributed by atoms with Crippen LogP contribution < -0.4 is 4.90 Å². The Hall–Kier alpha value is -11.1. The van der Waals surface area contributed by atoms with Crippen LogP contribution >= 0.6 is 0 Å². The lowest BCUT2D eigenvalue weighted by Crippen LogP contribution is -2.28. The average Bonchev–Trinajstić information content (AvgIpc) is 1.61. The fourth-order valence-corrected chi connectivity index (χ4v) is 15.1. The highest BCUT2D eigenvalue weighted by Gasteiger charge is 2.48. The third-order valence-electron chi connectivity index (χ3n) is 18.7. The number of para-hydroxylation sites is 1. The topological polar surface area (TPSA) is 8.17 Å². The molecule has 17 rings (SSSR count). The van der Waals surface area contributed by atoms with Crippen molar-refractivity contribution in [1.82, 2.24) is 4.57 Å². The molecule has 2 aliphatic carbocycles. The first-order valence-electron chi connectivity index (χ1n) is 29.9. The van der Waals surface area contributed by atoms with Crippen LogP contribution in [0.25, 0.3) is 82.8 Å². The molecule has 0 amide bonds. The van der Waals surface area contributed by atoms with Crippen LogP contribution in [0.15, 0.2) is 340 Å². The first-order chi connectivity index (χ1) is 42.7. The standard InChI is InChI=1S/C84H56N2/c1-5-26-62(27-6-1)83(63-28-7-2-8-29-63)76-39-18-15-36-70(76)72-51-48-67(55-78(72)83)85(80-42-22-24-59-23-13-14-35-69(59)80)66-34-21-25-60(53-66)57-43-45-58(46-44-57)61-47-50-75-74-38-17-20-41-81(74)86(82(75)54-61)68-49-52-73-71-37-16-19-40-77(71)84(79(73)56-68,64-30-9-3-10-31-64)65-32-11-4-12-33-65/h1-56H. The first kappa shape index (κ1) is 49.5. The summed E-state index contributed by atoms with van der Waals surface area (Å²) in [4.78, 5) is 2.47. The van der Waals surface area contributed by atoms with Gasteiger partial charge in [-0.1, -0.05) is 285 Å². The third kappa shape index (κ3) is 7.39. The molecule has 1 heterocycles. The number of fused-ring (bicyclic) bond motifs is 10. The number of rotatable bonds is 10. The van der Waals surface area contributed by atoms with Crippen LogP contribution in [0.4, 0.5) is 17.1 Å². The van der Waals surface area contributed by atoms with Gasteiger partial charge in [-0.3, -0.25) is 0 Å². The van der Waals surface area contributed by atoms with Gasteiger partial charge >= 0.3 is 0 Å². The molecular weight excluding hydrogens is 1040 g/mol. The highest BCUT2D eigenvalue weighted by molar-refractivity contribution is 6.10. The zero-order valence-corrected chi connectivity index (χ0v) is 47.2. The van der Waals surface area contributed by atoms with E-state index in [1.165, 1.54) is 105 Å². The SMILES string of the molecule is c1ccc(C2(c3ccccc3)c3ccccc3-c3ccc(N(c4cccc(-c5ccc(-c6ccc7c8ccccc8n(-c8ccc9c(c8)C(c8ccccc8)(c8ccccc8)c8ccccc8-9)c7c6)cc5)c4)c4cccc5ccccc45)cc32)cc1. The molecule has 0 radical (unpaired) electrons. The van der Waals surface area contributed by atoms with Crippen molar-refractivity contribution in [2.24, 2.45) is 0 Å². The smallest absolute Gasteiger partial charge is 0.0714 e. The Morgan fingerprint density at radius 3 is 1.30 bits per heavy atom. The lowest BCUT2D eigenvalue weighted by molar-refractivity contribution is 0.767. The van der Waals surface area contributed by atoms with Gasteiger partial charge in [-0.25, -0.2) is 0 Å². The van der Waals surface area contributed by atoms with Crippen molar-refractivity contribution < 1.29 is 0 Å². The molecule has 0 atom stereocenters. The summed E-state index contributed by atoms with van der Waals surface area (Å²) in [7, 11) is 0. The van der Waals surface area contributed by atoms with Crippen molar-refractivity contribution in [3.05, 3.63) is 384 Å². The van der Waals surface area contributed by atoms with E-state index in [1.807, 2.05) is 0 Å². The van der Waals surface area contributed by atoms with Gasteiger partial charge < -0.3 is 9.47 Å². The number of anilines is 3. The maximum absolute atomic E-state index is 2.49. The molecule has 402 valence electrons. The average molecular weight is 1090 g/mol. The minimum atomic E-state index is -0.535. The van der Waals surface area contributed by atoms with Gasteiger partial charge in [0.05, 0.1) is 27.6 Å². The Morgan fingerprint density at radius 1 is 0.244 bits per heavy atom. The van der Waals surface area contributed by atoms with E-state index in [0.717, 1.165) is 39.4 Å². The maximum Gasteiger partial charge on any atom is 0.0714 e. The highest BCUT2D eigenvalue weighted by Crippen LogP contribution is 2.59. The van der Waals surface area contributed by atoms with Crippen LogP contribution in [0.1, 0.15) is 44.5 Å². The monoisotopic (exact) mass is 1090 g/mol. The van der Waals surface area contributed by atoms with Crippen molar-refractivity contribution in [2.45, 2.75) is 10.8 Å². The van der Waals surface area contributed by atoms with Gasteiger partial charge in [0.15, 0.2) is 0 Å². The molecule has 15 aromatic rings. The Bertz CT molecular complexity index is 5010. The van der Waals surface area contributed by atoms with E-state index in [9.17, 15) is 0 Å². The molecule has 1 aromatic heterocycles. The van der Waals surface area contributed by atoms with Crippen molar-refractivity contribution in [3.8, 4) is 50.2 Å². The van der Waals surface area contributed by atoms with Crippen LogP contribution in [0.3, 0.4) is 0 Å². The molecule has 0 fully saturated rings. The quantitative estimate of drug-likeness (QED) is 0.132. The molecule has 0 aliphatic heterocycles. The lowest BCUT2D eigenvalue weighted by Gasteiger charge is -2.35. The largest absolute Gasteiger partial charge is 0.310 e. The van der Waals surface area contributed by atoms with Crippen LogP contribution in [-0.2, 0) is 10.8 Å². The summed E-state index contributed by atoms with van der Waals surface area (Å²) >= 11 is 0. The number of aromatic nitrogens is 1. The van der Waals surface area contributed by atoms with E-state index >= 15 is 0 Å². The molecule has 14 aromatic carbocycles. The molecule has 0 unspecified atom stereocenters. The van der Waals surface area contributed by atoms with Crippen molar-refractivity contribution in [3.63, 3.8) is 0 Å². The molecule has 0 bridgehead atoms. The second kappa shape index (κ2) is 19.8. The van der Waals surface area contributed by atoms with E-state index in [0.29, 0.717) is 0 Å². The van der Waals surface area contributed by atoms with E-state index in [-0.39, 0.29) is 0 Å². The van der Waals surface area contributed by atoms with Gasteiger partial charge in [0.25, 0.3) is 0 Å². The maximum atomic E-state index is 2.49. The molecule has 2 nitrogen and oxygen atoms in total. The van der Waals surface area contributed by atoms with Crippen molar-refractivity contribution in [1.29, 1.82) is 0 Å². The Balaban J connectivity index is 0.780. The second-order valence-corrected chi connectivity index (χ2v) is 23.1. The summed E-state index contributed by atoms with van der Waals surface area (Å²) < 4.78 is 2.49. The minimum absolute atomic E-state index is 0.503. The van der Waals surface area contributed by atoms with Crippen LogP contribution in [0.5, 0.6) is 0 Å². The zero-order chi connectivity index (χ0) is 56.8. The third-order valence-corrected chi connectivity index (χ3v) is 18.7. The molecule has 0 N–H and O–H groups in total. The Morgan fingerprint density at radius 2 is 0.686 bits per heavy atom. The summed E-state index contributed by atoms with van der Waals surface area (Å²) in [6, 6.07) is 126. The molecule has 0 spiro atoms. The predicted molar refractivity (Wildman–Crippen MR) is 358 cm³/mol. The number of benzene rings is 14. The molecule has 0 saturated carbocycles. The summed E-state index contributed by atoms with van der Waals surface area (Å²) in [5, 5.41) is 4.85. The number of hydrogen-bond donors (Lipinski definition) is 0. The highest BCUT2D eigenvalue weighted by atomic mass is 15.1. The fraction of sp³-hybridized carbons (Fsp3) is 0.0238. The summed E-state index contributed by atoms with van der Waals surface area (Å²) in [5.41, 5.74) is 25.7. The van der Waals surface area contributed by atoms with Gasteiger partial charge in [0.1, 0.15) is 0 Å². The van der Waals surface area contributed by atoms with Gasteiger partial charge in [-0.05, 0) is 149 Å². The fourth-order valence-electron chi connectivity index (χ4n) is 15.1. The number of hydrogen-bond acceptors (Lipinski definition) is 1. The first-order valence-corrected chi connectivity index (χ1v) is 29.9.